The number of rotatable bonds is 6. The molecule has 0 radical (unpaired) electrons. The van der Waals surface area contributed by atoms with Gasteiger partial charge in [-0.2, -0.15) is 0 Å². The Kier molecular flexibility index (Phi) is 7.09. The number of fused-ring (bicyclic) bond motifs is 1. The van der Waals surface area contributed by atoms with E-state index in [9.17, 15) is 19.5 Å². The van der Waals surface area contributed by atoms with Crippen LogP contribution in [0, 0.1) is 0 Å². The molecule has 0 amide bonds. The Balaban J connectivity index is 1.91. The summed E-state index contributed by atoms with van der Waals surface area (Å²) in [6.45, 7) is 3.24. The van der Waals surface area contributed by atoms with Crippen molar-refractivity contribution in [1.29, 1.82) is 0 Å². The molecule has 3 rings (SSSR count). The first-order valence-electron chi connectivity index (χ1n) is 9.71. The average molecular weight is 432 g/mol. The summed E-state index contributed by atoms with van der Waals surface area (Å²) in [7, 11) is 0. The number of hydrogen-bond acceptors (Lipinski definition) is 9. The monoisotopic (exact) mass is 432 g/mol. The number of benzene rings is 2. The summed E-state index contributed by atoms with van der Waals surface area (Å²) in [6.07, 6.45) is -6.29. The lowest BCUT2D eigenvalue weighted by Crippen LogP contribution is -2.62. The van der Waals surface area contributed by atoms with Gasteiger partial charge < -0.3 is 28.8 Å². The molecule has 9 nitrogen and oxygen atoms in total. The molecule has 2 aromatic rings. The van der Waals surface area contributed by atoms with Crippen LogP contribution in [-0.4, -0.2) is 60.3 Å². The molecule has 1 aliphatic rings. The predicted octanol–water partition coefficient (Wildman–Crippen LogP) is 1.73. The van der Waals surface area contributed by atoms with Gasteiger partial charge in [0.05, 0.1) is 0 Å². The molecule has 31 heavy (non-hydrogen) atoms. The normalized spacial score (nSPS) is 25.5. The van der Waals surface area contributed by atoms with Gasteiger partial charge in [0.1, 0.15) is 24.6 Å². The second-order valence-electron chi connectivity index (χ2n) is 7.11. The standard InChI is InChI=1S/C22H24O9/c1-12(23)27-11-18-19(26)20(28-13(2)24)21(29-14(3)25)22(31-18)30-17-9-8-15-6-4-5-7-16(15)10-17/h4-10,18-22,26H,11H2,1-3H3/t18-,19-,20+,21-,22-/m0/s1. The van der Waals surface area contributed by atoms with Gasteiger partial charge in [-0.25, -0.2) is 0 Å². The topological polar surface area (TPSA) is 118 Å². The Labute approximate surface area is 178 Å². The zero-order chi connectivity index (χ0) is 22.5. The fourth-order valence-corrected chi connectivity index (χ4v) is 3.34. The fraction of sp³-hybridized carbons (Fsp3) is 0.409. The number of ether oxygens (including phenoxy) is 5. The van der Waals surface area contributed by atoms with E-state index in [4.69, 9.17) is 23.7 Å². The average Bonchev–Trinajstić information content (AvgIpc) is 2.71. The largest absolute Gasteiger partial charge is 0.463 e. The highest BCUT2D eigenvalue weighted by atomic mass is 16.7. The van der Waals surface area contributed by atoms with Crippen molar-refractivity contribution in [2.75, 3.05) is 6.61 Å². The van der Waals surface area contributed by atoms with Crippen LogP contribution in [-0.2, 0) is 33.3 Å². The molecule has 9 heteroatoms. The lowest BCUT2D eigenvalue weighted by molar-refractivity contribution is -0.285. The Hall–Kier alpha value is -3.17. The molecule has 0 aliphatic carbocycles. The molecule has 2 aromatic carbocycles. The van der Waals surface area contributed by atoms with Crippen molar-refractivity contribution in [3.8, 4) is 5.75 Å². The van der Waals surface area contributed by atoms with Crippen molar-refractivity contribution in [1.82, 2.24) is 0 Å². The van der Waals surface area contributed by atoms with Crippen LogP contribution in [0.1, 0.15) is 20.8 Å². The second-order valence-corrected chi connectivity index (χ2v) is 7.11. The maximum Gasteiger partial charge on any atom is 0.303 e. The maximum absolute atomic E-state index is 11.7. The minimum absolute atomic E-state index is 0.307. The highest BCUT2D eigenvalue weighted by Crippen LogP contribution is 2.30. The smallest absolute Gasteiger partial charge is 0.303 e. The van der Waals surface area contributed by atoms with Gasteiger partial charge in [-0.3, -0.25) is 14.4 Å². The summed E-state index contributed by atoms with van der Waals surface area (Å²) in [5, 5.41) is 12.6. The highest BCUT2D eigenvalue weighted by molar-refractivity contribution is 5.83. The number of hydrogen-bond donors (Lipinski definition) is 1. The van der Waals surface area contributed by atoms with Crippen molar-refractivity contribution in [2.45, 2.75) is 51.5 Å². The van der Waals surface area contributed by atoms with Gasteiger partial charge in [-0.1, -0.05) is 30.3 Å². The van der Waals surface area contributed by atoms with Crippen LogP contribution in [0.2, 0.25) is 0 Å². The van der Waals surface area contributed by atoms with E-state index >= 15 is 0 Å². The molecular formula is C22H24O9. The van der Waals surface area contributed by atoms with E-state index in [2.05, 4.69) is 0 Å². The summed E-state index contributed by atoms with van der Waals surface area (Å²) < 4.78 is 27.2. The van der Waals surface area contributed by atoms with Gasteiger partial charge in [0.15, 0.2) is 6.10 Å². The minimum atomic E-state index is -1.43. The molecule has 0 spiro atoms. The minimum Gasteiger partial charge on any atom is -0.463 e. The predicted molar refractivity (Wildman–Crippen MR) is 107 cm³/mol. The fourth-order valence-electron chi connectivity index (χ4n) is 3.34. The van der Waals surface area contributed by atoms with Gasteiger partial charge in [0.2, 0.25) is 12.4 Å². The molecule has 1 heterocycles. The summed E-state index contributed by atoms with van der Waals surface area (Å²) in [5.41, 5.74) is 0. The van der Waals surface area contributed by atoms with Crippen LogP contribution in [0.5, 0.6) is 5.75 Å². The van der Waals surface area contributed by atoms with Crippen LogP contribution >= 0.6 is 0 Å². The molecule has 0 bridgehead atoms. The van der Waals surface area contributed by atoms with E-state index in [1.54, 1.807) is 12.1 Å². The summed E-state index contributed by atoms with van der Waals surface area (Å²) in [6, 6.07) is 13.0. The first-order chi connectivity index (χ1) is 14.7. The van der Waals surface area contributed by atoms with Crippen LogP contribution < -0.4 is 4.74 Å². The number of esters is 3. The molecule has 0 aromatic heterocycles. The van der Waals surface area contributed by atoms with Gasteiger partial charge in [-0.05, 0) is 22.9 Å². The SMILES string of the molecule is CC(=O)OC[C@@H]1O[C@H](Oc2ccc3ccccc3c2)[C@@H](OC(C)=O)[C@H](OC(C)=O)[C@H]1O. The lowest BCUT2D eigenvalue weighted by atomic mass is 9.98. The van der Waals surface area contributed by atoms with E-state index in [-0.39, 0.29) is 6.61 Å². The van der Waals surface area contributed by atoms with E-state index in [1.807, 2.05) is 30.3 Å². The van der Waals surface area contributed by atoms with E-state index in [1.165, 1.54) is 13.8 Å². The van der Waals surface area contributed by atoms with Gasteiger partial charge in [0.25, 0.3) is 0 Å². The highest BCUT2D eigenvalue weighted by Gasteiger charge is 2.51. The maximum atomic E-state index is 11.7. The van der Waals surface area contributed by atoms with Gasteiger partial charge >= 0.3 is 17.9 Å². The third-order valence-electron chi connectivity index (χ3n) is 4.65. The van der Waals surface area contributed by atoms with Crippen molar-refractivity contribution >= 4 is 28.7 Å². The Morgan fingerprint density at radius 1 is 0.903 bits per heavy atom. The quantitative estimate of drug-likeness (QED) is 0.538. The number of carbonyl (C=O) groups is 3. The van der Waals surface area contributed by atoms with Crippen molar-refractivity contribution in [2.24, 2.45) is 0 Å². The van der Waals surface area contributed by atoms with E-state index in [0.717, 1.165) is 17.7 Å². The Morgan fingerprint density at radius 3 is 2.19 bits per heavy atom. The van der Waals surface area contributed by atoms with Crippen molar-refractivity contribution in [3.05, 3.63) is 42.5 Å². The van der Waals surface area contributed by atoms with Gasteiger partial charge in [-0.15, -0.1) is 0 Å². The summed E-state index contributed by atoms with van der Waals surface area (Å²) in [5.74, 6) is -1.54. The van der Waals surface area contributed by atoms with Crippen LogP contribution in [0.4, 0.5) is 0 Å². The molecule has 1 N–H and O–H groups in total. The third kappa shape index (κ3) is 5.71. The van der Waals surface area contributed by atoms with E-state index < -0.39 is 48.6 Å². The number of aliphatic hydroxyl groups is 1. The van der Waals surface area contributed by atoms with Crippen molar-refractivity contribution < 1.29 is 43.2 Å². The van der Waals surface area contributed by atoms with Gasteiger partial charge in [0, 0.05) is 20.8 Å². The lowest BCUT2D eigenvalue weighted by Gasteiger charge is -2.42. The van der Waals surface area contributed by atoms with Crippen LogP contribution in [0.15, 0.2) is 42.5 Å². The molecule has 0 saturated carbocycles. The molecular weight excluding hydrogens is 408 g/mol. The Bertz CT molecular complexity index is 957. The number of aliphatic hydroxyl groups excluding tert-OH is 1. The van der Waals surface area contributed by atoms with Crippen molar-refractivity contribution in [3.63, 3.8) is 0 Å². The molecule has 0 unspecified atom stereocenters. The number of carbonyl (C=O) groups excluding carboxylic acids is 3. The molecule has 5 atom stereocenters. The second kappa shape index (κ2) is 9.76. The zero-order valence-electron chi connectivity index (χ0n) is 17.3. The third-order valence-corrected chi connectivity index (χ3v) is 4.65. The molecule has 1 fully saturated rings. The first kappa shape index (κ1) is 22.5. The molecule has 1 aliphatic heterocycles. The summed E-state index contributed by atoms with van der Waals surface area (Å²) in [4.78, 5) is 34.5. The Morgan fingerprint density at radius 2 is 1.55 bits per heavy atom. The molecule has 166 valence electrons. The zero-order valence-corrected chi connectivity index (χ0v) is 17.3. The van der Waals surface area contributed by atoms with E-state index in [0.29, 0.717) is 5.75 Å². The van der Waals surface area contributed by atoms with Crippen LogP contribution in [0.25, 0.3) is 10.8 Å². The first-order valence-corrected chi connectivity index (χ1v) is 9.71. The van der Waals surface area contributed by atoms with Crippen LogP contribution in [0.3, 0.4) is 0 Å². The molecule has 1 saturated heterocycles. The summed E-state index contributed by atoms with van der Waals surface area (Å²) >= 11 is 0.